The van der Waals surface area contributed by atoms with Crippen LogP contribution in [0.25, 0.3) is 0 Å². The molecule has 0 fully saturated rings. The molecule has 0 saturated heterocycles. The molecular weight excluding hydrogens is 280 g/mol. The summed E-state index contributed by atoms with van der Waals surface area (Å²) in [4.78, 5) is 0. The number of thiophene rings is 1. The van der Waals surface area contributed by atoms with Gasteiger partial charge in [0.1, 0.15) is 4.21 Å². The summed E-state index contributed by atoms with van der Waals surface area (Å²) in [7, 11) is -3.54. The summed E-state index contributed by atoms with van der Waals surface area (Å²) < 4.78 is 26.6. The number of rotatable bonds is 6. The summed E-state index contributed by atoms with van der Waals surface area (Å²) in [5.74, 6) is 0. The van der Waals surface area contributed by atoms with E-state index >= 15 is 0 Å². The van der Waals surface area contributed by atoms with Crippen LogP contribution in [0.3, 0.4) is 0 Å². The summed E-state index contributed by atoms with van der Waals surface area (Å²) in [6.07, 6.45) is 1.83. The third-order valence-corrected chi connectivity index (χ3v) is 6.42. The fourth-order valence-corrected chi connectivity index (χ4v) is 4.38. The molecule has 2 atom stereocenters. The van der Waals surface area contributed by atoms with Gasteiger partial charge in [-0.1, -0.05) is 0 Å². The van der Waals surface area contributed by atoms with Gasteiger partial charge in [0.2, 0.25) is 10.0 Å². The second kappa shape index (κ2) is 6.05. The maximum atomic E-state index is 11.9. The minimum absolute atomic E-state index is 0.0720. The highest BCUT2D eigenvalue weighted by Crippen LogP contribution is 2.22. The van der Waals surface area contributed by atoms with Crippen molar-refractivity contribution in [2.75, 3.05) is 18.6 Å². The number of aliphatic hydroxyl groups excluding tert-OH is 1. The quantitative estimate of drug-likeness (QED) is 0.719. The van der Waals surface area contributed by atoms with E-state index in [9.17, 15) is 8.42 Å². The molecular formula is C9H16N2O3S3. The molecule has 2 unspecified atom stereocenters. The molecule has 4 N–H and O–H groups in total. The lowest BCUT2D eigenvalue weighted by Crippen LogP contribution is -2.40. The number of hydrogen-bond donors (Lipinski definition) is 3. The molecule has 98 valence electrons. The van der Waals surface area contributed by atoms with Gasteiger partial charge in [0, 0.05) is 22.4 Å². The van der Waals surface area contributed by atoms with Gasteiger partial charge in [-0.05, 0) is 19.2 Å². The summed E-state index contributed by atoms with van der Waals surface area (Å²) in [6.45, 7) is 1.66. The molecule has 1 rings (SSSR count). The number of aliphatic hydroxyl groups is 1. The van der Waals surface area contributed by atoms with Crippen LogP contribution in [0, 0.1) is 0 Å². The molecule has 1 aromatic rings. The predicted octanol–water partition coefficient (Wildman–Crippen LogP) is 0.721. The van der Waals surface area contributed by atoms with Gasteiger partial charge >= 0.3 is 0 Å². The second-order valence-electron chi connectivity index (χ2n) is 3.57. The normalized spacial score (nSPS) is 15.7. The largest absolute Gasteiger partial charge is 0.398 e. The first-order valence-electron chi connectivity index (χ1n) is 4.90. The molecule has 0 radical (unpaired) electrons. The van der Waals surface area contributed by atoms with Crippen molar-refractivity contribution in [3.63, 3.8) is 0 Å². The molecule has 0 saturated carbocycles. The number of hydrogen-bond acceptors (Lipinski definition) is 6. The van der Waals surface area contributed by atoms with Crippen LogP contribution in [-0.4, -0.2) is 37.7 Å². The fraction of sp³-hybridized carbons (Fsp3) is 0.556. The van der Waals surface area contributed by atoms with E-state index in [2.05, 4.69) is 4.72 Å². The van der Waals surface area contributed by atoms with Crippen molar-refractivity contribution >= 4 is 38.8 Å². The number of thioether (sulfide) groups is 1. The van der Waals surface area contributed by atoms with Gasteiger partial charge in [0.15, 0.2) is 0 Å². The molecule has 0 bridgehead atoms. The van der Waals surface area contributed by atoms with E-state index in [1.165, 1.54) is 17.8 Å². The summed E-state index contributed by atoms with van der Waals surface area (Å²) in [5.41, 5.74) is 5.93. The number of anilines is 1. The SMILES string of the molecule is CSC(CO)C(C)NS(=O)(=O)c1cc(N)cs1. The third-order valence-electron chi connectivity index (χ3n) is 2.24. The molecule has 0 aliphatic heterocycles. The van der Waals surface area contributed by atoms with Crippen molar-refractivity contribution in [1.29, 1.82) is 0 Å². The van der Waals surface area contributed by atoms with Gasteiger partial charge in [-0.2, -0.15) is 11.8 Å². The maximum Gasteiger partial charge on any atom is 0.250 e. The maximum absolute atomic E-state index is 11.9. The van der Waals surface area contributed by atoms with Crippen LogP contribution < -0.4 is 10.5 Å². The Hall–Kier alpha value is -0.280. The van der Waals surface area contributed by atoms with Crippen molar-refractivity contribution < 1.29 is 13.5 Å². The Bertz CT molecular complexity index is 454. The standard InChI is InChI=1S/C9H16N2O3S3/c1-6(8(4-12)15-2)11-17(13,14)9-3-7(10)5-16-9/h3,5-6,8,11-12H,4,10H2,1-2H3. The van der Waals surface area contributed by atoms with Crippen LogP contribution >= 0.6 is 23.1 Å². The topological polar surface area (TPSA) is 92.4 Å². The van der Waals surface area contributed by atoms with Gasteiger partial charge in [-0.25, -0.2) is 13.1 Å². The zero-order valence-corrected chi connectivity index (χ0v) is 12.0. The first-order valence-corrected chi connectivity index (χ1v) is 8.55. The highest BCUT2D eigenvalue weighted by Gasteiger charge is 2.23. The third kappa shape index (κ3) is 3.85. The van der Waals surface area contributed by atoms with E-state index in [0.717, 1.165) is 11.3 Å². The van der Waals surface area contributed by atoms with E-state index in [1.54, 1.807) is 12.3 Å². The molecule has 1 aromatic heterocycles. The van der Waals surface area contributed by atoms with E-state index < -0.39 is 10.0 Å². The summed E-state index contributed by atoms with van der Waals surface area (Å²) in [5, 5.41) is 10.5. The first-order chi connectivity index (χ1) is 7.90. The zero-order chi connectivity index (χ0) is 13.1. The molecule has 8 heteroatoms. The van der Waals surface area contributed by atoms with Crippen molar-refractivity contribution in [1.82, 2.24) is 4.72 Å². The molecule has 17 heavy (non-hydrogen) atoms. The molecule has 0 amide bonds. The average Bonchev–Trinajstić information content (AvgIpc) is 2.66. The first kappa shape index (κ1) is 14.8. The second-order valence-corrected chi connectivity index (χ2v) is 7.49. The number of nitrogens with two attached hydrogens (primary N) is 1. The van der Waals surface area contributed by atoms with Crippen molar-refractivity contribution in [3.8, 4) is 0 Å². The minimum Gasteiger partial charge on any atom is -0.398 e. The van der Waals surface area contributed by atoms with E-state index in [0.29, 0.717) is 5.69 Å². The highest BCUT2D eigenvalue weighted by atomic mass is 32.2. The van der Waals surface area contributed by atoms with Gasteiger partial charge in [0.05, 0.1) is 6.61 Å². The molecule has 0 aliphatic rings. The van der Waals surface area contributed by atoms with Crippen molar-refractivity contribution in [2.45, 2.75) is 22.4 Å². The zero-order valence-electron chi connectivity index (χ0n) is 9.58. The summed E-state index contributed by atoms with van der Waals surface area (Å²) >= 11 is 2.50. The lowest BCUT2D eigenvalue weighted by Gasteiger charge is -2.20. The highest BCUT2D eigenvalue weighted by molar-refractivity contribution is 7.99. The smallest absolute Gasteiger partial charge is 0.250 e. The van der Waals surface area contributed by atoms with Crippen LogP contribution in [-0.2, 0) is 10.0 Å². The predicted molar refractivity (Wildman–Crippen MR) is 72.9 cm³/mol. The lowest BCUT2D eigenvalue weighted by atomic mass is 10.3. The van der Waals surface area contributed by atoms with Gasteiger partial charge in [-0.3, -0.25) is 0 Å². The van der Waals surface area contributed by atoms with E-state index in [1.807, 2.05) is 6.26 Å². The van der Waals surface area contributed by atoms with Crippen molar-refractivity contribution in [2.24, 2.45) is 0 Å². The fourth-order valence-electron chi connectivity index (χ4n) is 1.29. The molecule has 5 nitrogen and oxygen atoms in total. The monoisotopic (exact) mass is 296 g/mol. The van der Waals surface area contributed by atoms with Crippen LogP contribution in [0.5, 0.6) is 0 Å². The van der Waals surface area contributed by atoms with Gasteiger partial charge in [0.25, 0.3) is 0 Å². The molecule has 0 spiro atoms. The Morgan fingerprint density at radius 2 is 2.29 bits per heavy atom. The Morgan fingerprint density at radius 1 is 1.65 bits per heavy atom. The van der Waals surface area contributed by atoms with Crippen LogP contribution in [0.4, 0.5) is 5.69 Å². The molecule has 0 aromatic carbocycles. The molecule has 0 aliphatic carbocycles. The summed E-state index contributed by atoms with van der Waals surface area (Å²) in [6, 6.07) is 1.08. The Balaban J connectivity index is 2.80. The number of nitrogens with one attached hydrogen (secondary N) is 1. The minimum atomic E-state index is -3.54. The van der Waals surface area contributed by atoms with E-state index in [-0.39, 0.29) is 22.1 Å². The van der Waals surface area contributed by atoms with Crippen LogP contribution in [0.15, 0.2) is 15.7 Å². The Kier molecular flexibility index (Phi) is 5.26. The molecule has 1 heterocycles. The number of sulfonamides is 1. The van der Waals surface area contributed by atoms with Crippen molar-refractivity contribution in [3.05, 3.63) is 11.4 Å². The average molecular weight is 296 g/mol. The van der Waals surface area contributed by atoms with Gasteiger partial charge in [-0.15, -0.1) is 11.3 Å². The Morgan fingerprint density at radius 3 is 2.71 bits per heavy atom. The number of nitrogen functional groups attached to an aromatic ring is 1. The van der Waals surface area contributed by atoms with Crippen LogP contribution in [0.2, 0.25) is 0 Å². The lowest BCUT2D eigenvalue weighted by molar-refractivity contribution is 0.282. The van der Waals surface area contributed by atoms with Gasteiger partial charge < -0.3 is 10.8 Å². The Labute approximate surface area is 109 Å². The van der Waals surface area contributed by atoms with E-state index in [4.69, 9.17) is 10.8 Å². The van der Waals surface area contributed by atoms with Crippen LogP contribution in [0.1, 0.15) is 6.92 Å².